The second kappa shape index (κ2) is 59.0. The topological polar surface area (TPSA) is 97.1 Å². The molecule has 1 heterocycles. The van der Waals surface area contributed by atoms with E-state index in [1.54, 1.807) is 0 Å². The summed E-state index contributed by atoms with van der Waals surface area (Å²) in [5, 5.41) is 45.5. The minimum absolute atomic E-state index is 0.324. The van der Waals surface area contributed by atoms with Gasteiger partial charge in [-0.3, -0.25) is 19.6 Å². The highest BCUT2D eigenvalue weighted by atomic mass is 16.3. The SMILES string of the molecule is CCCCCCCCCCC(C)CN(CCN1CCN(CCN(CC(O)CCCCCCCCCC)CC(O)CCCCCCCCCC)CC1)CCN(CC(O)CCCCCCCCCC)CC(O)CCCCCCCCCC. The lowest BCUT2D eigenvalue weighted by atomic mass is 10.0. The lowest BCUT2D eigenvalue weighted by molar-refractivity contribution is 0.0469. The number of piperazine rings is 1. The number of hydrogen-bond acceptors (Lipinski definition) is 9. The molecule has 4 N–H and O–H groups in total. The average molecular weight is 1130 g/mol. The highest BCUT2D eigenvalue weighted by molar-refractivity contribution is 4.79. The third-order valence-electron chi connectivity index (χ3n) is 18.2. The molecular weight excluding hydrogens is 987 g/mol. The summed E-state index contributed by atoms with van der Waals surface area (Å²) < 4.78 is 0. The van der Waals surface area contributed by atoms with Crippen molar-refractivity contribution < 1.29 is 20.4 Å². The minimum atomic E-state index is -0.335. The van der Waals surface area contributed by atoms with Gasteiger partial charge in [0.1, 0.15) is 0 Å². The van der Waals surface area contributed by atoms with Crippen LogP contribution in [0.1, 0.15) is 330 Å². The first-order valence-electron chi connectivity index (χ1n) is 36.5. The standard InChI is InChI=1S/C71H147N5O4/c1-7-12-17-22-27-32-37-42-47-67(6)62-74(59-61-76(65-70(79)50-45-40-35-30-25-20-15-10-4)66-71(80)51-46-41-36-31-26-21-16-11-5)58-56-72-52-54-73(55-53-72)57-60-75(63-68(77)48-43-38-33-28-23-18-13-8-2)64-69(78)49-44-39-34-29-24-19-14-9-3/h67-71,77-80H,7-66H2,1-6H3. The molecule has 1 rings (SSSR count). The molecule has 0 bridgehead atoms. The maximum absolute atomic E-state index is 11.5. The number of hydrogen-bond donors (Lipinski definition) is 4. The zero-order valence-electron chi connectivity index (χ0n) is 55.3. The molecule has 9 heteroatoms. The predicted molar refractivity (Wildman–Crippen MR) is 352 cm³/mol. The van der Waals surface area contributed by atoms with Crippen molar-refractivity contribution in [1.82, 2.24) is 24.5 Å². The van der Waals surface area contributed by atoms with Gasteiger partial charge in [-0.15, -0.1) is 0 Å². The highest BCUT2D eigenvalue weighted by Gasteiger charge is 2.23. The smallest absolute Gasteiger partial charge is 0.0667 e. The molecule has 1 saturated heterocycles. The molecule has 0 aromatic carbocycles. The monoisotopic (exact) mass is 1130 g/mol. The summed E-state index contributed by atoms with van der Waals surface area (Å²) in [5.41, 5.74) is 0. The Hall–Kier alpha value is -0.360. The van der Waals surface area contributed by atoms with Crippen LogP contribution in [0.5, 0.6) is 0 Å². The van der Waals surface area contributed by atoms with E-state index in [9.17, 15) is 20.4 Å². The van der Waals surface area contributed by atoms with Crippen molar-refractivity contribution in [2.24, 2.45) is 5.92 Å². The van der Waals surface area contributed by atoms with E-state index in [2.05, 4.69) is 66.0 Å². The Balaban J connectivity index is 2.94. The fourth-order valence-corrected chi connectivity index (χ4v) is 12.7. The molecule has 0 aromatic heterocycles. The molecule has 0 aliphatic carbocycles. The first kappa shape index (κ1) is 77.7. The van der Waals surface area contributed by atoms with Crippen molar-refractivity contribution >= 4 is 0 Å². The Bertz CT molecular complexity index is 1150. The predicted octanol–water partition coefficient (Wildman–Crippen LogP) is 17.2. The summed E-state index contributed by atoms with van der Waals surface area (Å²) in [6.45, 7) is 28.0. The summed E-state index contributed by atoms with van der Waals surface area (Å²) in [7, 11) is 0. The molecule has 5 atom stereocenters. The molecule has 0 aromatic rings. The van der Waals surface area contributed by atoms with Crippen molar-refractivity contribution in [1.29, 1.82) is 0 Å². The van der Waals surface area contributed by atoms with Crippen molar-refractivity contribution in [2.75, 3.05) is 98.2 Å². The van der Waals surface area contributed by atoms with E-state index < -0.39 is 0 Å². The number of rotatable bonds is 64. The van der Waals surface area contributed by atoms with E-state index in [1.807, 2.05) is 0 Å². The molecule has 5 unspecified atom stereocenters. The second-order valence-electron chi connectivity index (χ2n) is 26.5. The van der Waals surface area contributed by atoms with Crippen molar-refractivity contribution in [3.63, 3.8) is 0 Å². The van der Waals surface area contributed by atoms with Crippen LogP contribution < -0.4 is 0 Å². The molecule has 9 nitrogen and oxygen atoms in total. The molecule has 1 aliphatic heterocycles. The number of aliphatic hydroxyl groups excluding tert-OH is 4. The number of unbranched alkanes of at least 4 members (excludes halogenated alkanes) is 35. The Morgan fingerprint density at radius 1 is 0.263 bits per heavy atom. The van der Waals surface area contributed by atoms with Gasteiger partial charge in [-0.1, -0.05) is 298 Å². The van der Waals surface area contributed by atoms with Crippen LogP contribution in [0.25, 0.3) is 0 Å². The number of nitrogens with zero attached hydrogens (tertiary/aromatic N) is 5. The van der Waals surface area contributed by atoms with Crippen LogP contribution in [0, 0.1) is 5.92 Å². The summed E-state index contributed by atoms with van der Waals surface area (Å²) >= 11 is 0. The van der Waals surface area contributed by atoms with Crippen molar-refractivity contribution in [3.8, 4) is 0 Å². The third kappa shape index (κ3) is 50.9. The van der Waals surface area contributed by atoms with Gasteiger partial charge in [0, 0.05) is 98.2 Å². The quantitative estimate of drug-likeness (QED) is 0.0444. The van der Waals surface area contributed by atoms with Gasteiger partial charge in [-0.05, 0) is 38.0 Å². The lowest BCUT2D eigenvalue weighted by Crippen LogP contribution is -2.51. The number of aliphatic hydroxyl groups is 4. The molecule has 480 valence electrons. The van der Waals surface area contributed by atoms with Crippen LogP contribution in [0.4, 0.5) is 0 Å². The van der Waals surface area contributed by atoms with Gasteiger partial charge in [-0.2, -0.15) is 0 Å². The molecule has 0 saturated carbocycles. The second-order valence-corrected chi connectivity index (χ2v) is 26.5. The first-order valence-corrected chi connectivity index (χ1v) is 36.5. The van der Waals surface area contributed by atoms with Crippen LogP contribution in [0.15, 0.2) is 0 Å². The Morgan fingerprint density at radius 2 is 0.475 bits per heavy atom. The zero-order chi connectivity index (χ0) is 58.2. The molecule has 1 aliphatic rings. The Morgan fingerprint density at radius 3 is 0.750 bits per heavy atom. The van der Waals surface area contributed by atoms with E-state index in [4.69, 9.17) is 0 Å². The first-order chi connectivity index (χ1) is 39.1. The van der Waals surface area contributed by atoms with Gasteiger partial charge in [0.05, 0.1) is 24.4 Å². The molecule has 1 fully saturated rings. The molecule has 0 amide bonds. The molecule has 0 spiro atoms. The van der Waals surface area contributed by atoms with Gasteiger partial charge in [-0.25, -0.2) is 0 Å². The third-order valence-corrected chi connectivity index (χ3v) is 18.2. The van der Waals surface area contributed by atoms with E-state index in [0.717, 1.165) is 123 Å². The Labute approximate surface area is 501 Å². The van der Waals surface area contributed by atoms with Gasteiger partial charge in [0.15, 0.2) is 0 Å². The lowest BCUT2D eigenvalue weighted by Gasteiger charge is -2.38. The van der Waals surface area contributed by atoms with E-state index in [0.29, 0.717) is 32.1 Å². The van der Waals surface area contributed by atoms with E-state index in [1.165, 1.54) is 238 Å². The Kier molecular flexibility index (Phi) is 57.3. The molecule has 0 radical (unpaired) electrons. The van der Waals surface area contributed by atoms with Crippen molar-refractivity contribution in [2.45, 2.75) is 355 Å². The van der Waals surface area contributed by atoms with Crippen LogP contribution >= 0.6 is 0 Å². The van der Waals surface area contributed by atoms with Crippen LogP contribution in [0.2, 0.25) is 0 Å². The fourth-order valence-electron chi connectivity index (χ4n) is 12.7. The van der Waals surface area contributed by atoms with Gasteiger partial charge in [0.25, 0.3) is 0 Å². The molecular formula is C71H147N5O4. The summed E-state index contributed by atoms with van der Waals surface area (Å²) in [5.74, 6) is 0.654. The largest absolute Gasteiger partial charge is 0.392 e. The van der Waals surface area contributed by atoms with Gasteiger partial charge >= 0.3 is 0 Å². The minimum Gasteiger partial charge on any atom is -0.392 e. The molecule has 80 heavy (non-hydrogen) atoms. The summed E-state index contributed by atoms with van der Waals surface area (Å²) in [6.07, 6.45) is 55.6. The highest BCUT2D eigenvalue weighted by Crippen LogP contribution is 2.19. The summed E-state index contributed by atoms with van der Waals surface area (Å²) in [4.78, 5) is 12.9. The van der Waals surface area contributed by atoms with E-state index >= 15 is 0 Å². The van der Waals surface area contributed by atoms with Crippen LogP contribution in [0.3, 0.4) is 0 Å². The fraction of sp³-hybridized carbons (Fsp3) is 1.00. The van der Waals surface area contributed by atoms with Gasteiger partial charge in [0.2, 0.25) is 0 Å². The van der Waals surface area contributed by atoms with E-state index in [-0.39, 0.29) is 24.4 Å². The van der Waals surface area contributed by atoms with Crippen molar-refractivity contribution in [3.05, 3.63) is 0 Å². The van der Waals surface area contributed by atoms with Crippen LogP contribution in [-0.4, -0.2) is 168 Å². The normalized spacial score (nSPS) is 15.7. The zero-order valence-corrected chi connectivity index (χ0v) is 55.3. The maximum atomic E-state index is 11.5. The summed E-state index contributed by atoms with van der Waals surface area (Å²) in [6, 6.07) is 0. The van der Waals surface area contributed by atoms with Crippen LogP contribution in [-0.2, 0) is 0 Å². The maximum Gasteiger partial charge on any atom is 0.0667 e. The average Bonchev–Trinajstić information content (AvgIpc) is 3.44. The van der Waals surface area contributed by atoms with Gasteiger partial charge < -0.3 is 25.3 Å².